The van der Waals surface area contributed by atoms with Crippen molar-refractivity contribution in [2.24, 2.45) is 12.0 Å². The van der Waals surface area contributed by atoms with Gasteiger partial charge < -0.3 is 9.30 Å². The minimum Gasteiger partial charge on any atom is -0.482 e. The predicted molar refractivity (Wildman–Crippen MR) is 103 cm³/mol. The van der Waals surface area contributed by atoms with Gasteiger partial charge in [-0.05, 0) is 49.2 Å². The second kappa shape index (κ2) is 7.20. The van der Waals surface area contributed by atoms with E-state index in [0.29, 0.717) is 20.6 Å². The molecule has 7 heteroatoms. The fourth-order valence-electron chi connectivity index (χ4n) is 2.55. The van der Waals surface area contributed by atoms with Gasteiger partial charge in [0.1, 0.15) is 5.75 Å². The van der Waals surface area contributed by atoms with Crippen LogP contribution in [0.1, 0.15) is 11.1 Å². The summed E-state index contributed by atoms with van der Waals surface area (Å²) in [6.07, 6.45) is 0. The van der Waals surface area contributed by atoms with Crippen molar-refractivity contribution >= 4 is 50.7 Å². The largest absolute Gasteiger partial charge is 0.482 e. The van der Waals surface area contributed by atoms with E-state index in [1.54, 1.807) is 18.2 Å². The zero-order valence-electron chi connectivity index (χ0n) is 14.0. The maximum atomic E-state index is 12.2. The minimum atomic E-state index is -0.373. The van der Waals surface area contributed by atoms with Gasteiger partial charge in [0.25, 0.3) is 5.91 Å². The third-order valence-corrected chi connectivity index (χ3v) is 5.52. The minimum absolute atomic E-state index is 0.187. The smallest absolute Gasteiger partial charge is 0.286 e. The summed E-state index contributed by atoms with van der Waals surface area (Å²) in [6.45, 7) is 3.92. The van der Waals surface area contributed by atoms with Gasteiger partial charge in [0, 0.05) is 12.1 Å². The van der Waals surface area contributed by atoms with E-state index in [0.717, 1.165) is 10.2 Å². The Morgan fingerprint density at radius 2 is 2.00 bits per heavy atom. The number of benzene rings is 2. The summed E-state index contributed by atoms with van der Waals surface area (Å²) >= 11 is 13.4. The molecule has 0 radical (unpaired) electrons. The number of carbonyl (C=O) groups excluding carboxylic acids is 1. The van der Waals surface area contributed by atoms with Crippen molar-refractivity contribution in [1.29, 1.82) is 0 Å². The Kier molecular flexibility index (Phi) is 5.18. The molecule has 130 valence electrons. The molecule has 0 fully saturated rings. The Bertz CT molecular complexity index is 1040. The third-order valence-electron chi connectivity index (χ3n) is 3.71. The summed E-state index contributed by atoms with van der Waals surface area (Å²) < 4.78 is 8.49. The molecule has 0 aliphatic carbocycles. The lowest BCUT2D eigenvalue weighted by molar-refractivity contribution is -0.120. The van der Waals surface area contributed by atoms with Crippen molar-refractivity contribution in [2.75, 3.05) is 6.61 Å². The number of nitrogens with zero attached hydrogens (tertiary/aromatic N) is 2. The van der Waals surface area contributed by atoms with Crippen LogP contribution in [-0.2, 0) is 11.8 Å². The molecule has 0 bridgehead atoms. The Morgan fingerprint density at radius 1 is 1.24 bits per heavy atom. The molecule has 2 aromatic carbocycles. The first kappa shape index (κ1) is 18.0. The fraction of sp³-hybridized carbons (Fsp3) is 0.222. The number of carbonyl (C=O) groups is 1. The van der Waals surface area contributed by atoms with Crippen LogP contribution in [0.5, 0.6) is 5.75 Å². The van der Waals surface area contributed by atoms with Gasteiger partial charge in [-0.2, -0.15) is 4.99 Å². The standard InChI is InChI=1S/C18H16Cl2N2O2S/c1-10-6-11(2)17-14(7-10)22(3)18(25-17)21-16(23)9-24-15-5-4-12(19)8-13(15)20/h4-8H,9H2,1-3H3. The van der Waals surface area contributed by atoms with E-state index < -0.39 is 0 Å². The molecule has 1 heterocycles. The van der Waals surface area contributed by atoms with E-state index in [4.69, 9.17) is 27.9 Å². The van der Waals surface area contributed by atoms with Crippen molar-refractivity contribution in [3.63, 3.8) is 0 Å². The number of aryl methyl sites for hydroxylation is 3. The monoisotopic (exact) mass is 394 g/mol. The molecule has 0 aliphatic rings. The average Bonchev–Trinajstić information content (AvgIpc) is 2.84. The number of ether oxygens (including phenoxy) is 1. The van der Waals surface area contributed by atoms with Crippen molar-refractivity contribution in [3.8, 4) is 5.75 Å². The number of hydrogen-bond donors (Lipinski definition) is 0. The molecule has 1 amide bonds. The summed E-state index contributed by atoms with van der Waals surface area (Å²) in [4.78, 5) is 17.0. The molecule has 3 rings (SSSR count). The molecule has 4 nitrogen and oxygen atoms in total. The van der Waals surface area contributed by atoms with E-state index in [1.165, 1.54) is 22.5 Å². The van der Waals surface area contributed by atoms with Crippen LogP contribution in [0.3, 0.4) is 0 Å². The topological polar surface area (TPSA) is 43.6 Å². The molecule has 0 N–H and O–H groups in total. The molecule has 25 heavy (non-hydrogen) atoms. The second-order valence-electron chi connectivity index (χ2n) is 5.74. The Balaban J connectivity index is 1.85. The van der Waals surface area contributed by atoms with E-state index in [2.05, 4.69) is 31.0 Å². The van der Waals surface area contributed by atoms with E-state index in [1.807, 2.05) is 11.6 Å². The normalized spacial score (nSPS) is 12.0. The van der Waals surface area contributed by atoms with Crippen LogP contribution >= 0.6 is 34.5 Å². The van der Waals surface area contributed by atoms with Gasteiger partial charge in [0.15, 0.2) is 11.4 Å². The van der Waals surface area contributed by atoms with Gasteiger partial charge >= 0.3 is 0 Å². The zero-order chi connectivity index (χ0) is 18.1. The van der Waals surface area contributed by atoms with Crippen molar-refractivity contribution in [2.45, 2.75) is 13.8 Å². The maximum absolute atomic E-state index is 12.2. The first-order valence-corrected chi connectivity index (χ1v) is 9.14. The number of hydrogen-bond acceptors (Lipinski definition) is 3. The highest BCUT2D eigenvalue weighted by atomic mass is 35.5. The third kappa shape index (κ3) is 3.89. The van der Waals surface area contributed by atoms with Gasteiger partial charge in [-0.15, -0.1) is 0 Å². The first-order valence-electron chi connectivity index (χ1n) is 7.57. The SMILES string of the molecule is Cc1cc(C)c2sc(=NC(=O)COc3ccc(Cl)cc3Cl)n(C)c2c1. The van der Waals surface area contributed by atoms with Crippen LogP contribution in [0, 0.1) is 13.8 Å². The molecular weight excluding hydrogens is 379 g/mol. The fourth-order valence-corrected chi connectivity index (χ4v) is 4.09. The van der Waals surface area contributed by atoms with Gasteiger partial charge in [-0.25, -0.2) is 0 Å². The maximum Gasteiger partial charge on any atom is 0.286 e. The lowest BCUT2D eigenvalue weighted by Crippen LogP contribution is -2.17. The zero-order valence-corrected chi connectivity index (χ0v) is 16.3. The highest BCUT2D eigenvalue weighted by molar-refractivity contribution is 7.16. The van der Waals surface area contributed by atoms with E-state index in [9.17, 15) is 4.79 Å². The van der Waals surface area contributed by atoms with Crippen LogP contribution in [-0.4, -0.2) is 17.1 Å². The predicted octanol–water partition coefficient (Wildman–Crippen LogP) is 4.67. The molecule has 0 aliphatic heterocycles. The Morgan fingerprint density at radius 3 is 2.72 bits per heavy atom. The molecular formula is C18H16Cl2N2O2S. The van der Waals surface area contributed by atoms with Crippen molar-refractivity contribution in [3.05, 3.63) is 56.3 Å². The van der Waals surface area contributed by atoms with Gasteiger partial charge in [0.2, 0.25) is 0 Å². The lowest BCUT2D eigenvalue weighted by Gasteiger charge is -2.05. The van der Waals surface area contributed by atoms with Crippen LogP contribution in [0.4, 0.5) is 0 Å². The Hall–Kier alpha value is -1.82. The van der Waals surface area contributed by atoms with Crippen LogP contribution in [0.15, 0.2) is 35.3 Å². The summed E-state index contributed by atoms with van der Waals surface area (Å²) in [5, 5.41) is 0.871. The van der Waals surface area contributed by atoms with Crippen LogP contribution in [0.2, 0.25) is 10.0 Å². The summed E-state index contributed by atoms with van der Waals surface area (Å²) in [6, 6.07) is 9.06. The summed E-state index contributed by atoms with van der Waals surface area (Å²) in [7, 11) is 1.90. The quantitative estimate of drug-likeness (QED) is 0.647. The molecule has 0 atom stereocenters. The molecule has 0 spiro atoms. The number of halogens is 2. The molecule has 0 saturated carbocycles. The van der Waals surface area contributed by atoms with Gasteiger partial charge in [-0.1, -0.05) is 40.6 Å². The van der Waals surface area contributed by atoms with Crippen molar-refractivity contribution < 1.29 is 9.53 Å². The Labute approximate surface area is 159 Å². The average molecular weight is 395 g/mol. The van der Waals surface area contributed by atoms with Crippen molar-refractivity contribution in [1.82, 2.24) is 4.57 Å². The first-order chi connectivity index (χ1) is 11.8. The number of aromatic nitrogens is 1. The highest BCUT2D eigenvalue weighted by Crippen LogP contribution is 2.27. The van der Waals surface area contributed by atoms with E-state index in [-0.39, 0.29) is 12.5 Å². The van der Waals surface area contributed by atoms with Crippen LogP contribution in [0.25, 0.3) is 10.2 Å². The molecule has 3 aromatic rings. The molecule has 0 saturated heterocycles. The number of fused-ring (bicyclic) bond motifs is 1. The lowest BCUT2D eigenvalue weighted by atomic mass is 10.1. The molecule has 1 aromatic heterocycles. The van der Waals surface area contributed by atoms with E-state index >= 15 is 0 Å². The van der Waals surface area contributed by atoms with Gasteiger partial charge in [-0.3, -0.25) is 4.79 Å². The number of rotatable bonds is 3. The second-order valence-corrected chi connectivity index (χ2v) is 7.56. The van der Waals surface area contributed by atoms with Crippen LogP contribution < -0.4 is 9.54 Å². The summed E-state index contributed by atoms with van der Waals surface area (Å²) in [5.41, 5.74) is 3.42. The molecule has 0 unspecified atom stereocenters. The number of thiazole rings is 1. The highest BCUT2D eigenvalue weighted by Gasteiger charge is 2.09. The van der Waals surface area contributed by atoms with Gasteiger partial charge in [0.05, 0.1) is 15.2 Å². The summed E-state index contributed by atoms with van der Waals surface area (Å²) in [5.74, 6) is 0.0318. The number of amides is 1.